The lowest BCUT2D eigenvalue weighted by atomic mass is 9.97. The molecule has 3 rings (SSSR count). The highest BCUT2D eigenvalue weighted by molar-refractivity contribution is 7.50. The van der Waals surface area contributed by atoms with Gasteiger partial charge in [-0.2, -0.15) is 15.0 Å². The molecule has 0 spiro atoms. The van der Waals surface area contributed by atoms with E-state index in [1.165, 1.54) is 122 Å². The number of aromatic nitrogens is 4. The number of nitrogens with zero attached hydrogens (tertiary/aromatic N) is 5. The van der Waals surface area contributed by atoms with Crippen LogP contribution in [0.3, 0.4) is 0 Å². The number of carbonyl (C=O) groups excluding carboxylic acids is 2. The minimum absolute atomic E-state index is 0.156. The number of likely N-dealkylation sites (tertiary alicyclic amines) is 1. The number of esters is 2. The molecule has 1 aliphatic heterocycles. The predicted molar refractivity (Wildman–Crippen MR) is 276 cm³/mol. The largest absolute Gasteiger partial charge is 0.480 e. The van der Waals surface area contributed by atoms with E-state index in [0.717, 1.165) is 77.3 Å². The summed E-state index contributed by atoms with van der Waals surface area (Å²) >= 11 is 0. The molecule has 16 nitrogen and oxygen atoms in total. The third-order valence-electron chi connectivity index (χ3n) is 13.3. The molecule has 398 valence electrons. The van der Waals surface area contributed by atoms with Crippen LogP contribution in [0.5, 0.6) is 12.0 Å². The molecule has 3 heterocycles. The van der Waals surface area contributed by atoms with E-state index in [-0.39, 0.29) is 62.3 Å². The number of unbranched alkanes of at least 4 members (excludes halogenated alkanes) is 25. The Kier molecular flexibility index (Phi) is 32.9. The van der Waals surface area contributed by atoms with Crippen LogP contribution in [0.15, 0.2) is 0 Å². The molecular weight excluding hydrogens is 898 g/mol. The fourth-order valence-corrected chi connectivity index (χ4v) is 9.80. The second kappa shape index (κ2) is 37.7. The Balaban J connectivity index is 1.38. The Hall–Kier alpha value is -3.04. The first-order valence-corrected chi connectivity index (χ1v) is 29.3. The first kappa shape index (κ1) is 60.3. The first-order valence-electron chi connectivity index (χ1n) is 27.7. The highest BCUT2D eigenvalue weighted by atomic mass is 31.2. The van der Waals surface area contributed by atoms with E-state index in [9.17, 15) is 24.2 Å². The zero-order valence-corrected chi connectivity index (χ0v) is 44.3. The predicted octanol–water partition coefficient (Wildman–Crippen LogP) is 12.1. The van der Waals surface area contributed by atoms with Crippen molar-refractivity contribution in [3.05, 3.63) is 0 Å². The third-order valence-corrected chi connectivity index (χ3v) is 14.5. The van der Waals surface area contributed by atoms with Crippen LogP contribution < -0.4 is 15.6 Å². The van der Waals surface area contributed by atoms with Gasteiger partial charge in [-0.25, -0.2) is 9.65 Å². The van der Waals surface area contributed by atoms with Crippen molar-refractivity contribution in [3.63, 3.8) is 0 Å². The van der Waals surface area contributed by atoms with Gasteiger partial charge in [0.1, 0.15) is 6.61 Å². The van der Waals surface area contributed by atoms with Gasteiger partial charge in [0.15, 0.2) is 23.1 Å². The van der Waals surface area contributed by atoms with Crippen LogP contribution in [0.4, 0.5) is 5.82 Å². The Bertz CT molecular complexity index is 1690. The third kappa shape index (κ3) is 28.0. The van der Waals surface area contributed by atoms with Crippen LogP contribution in [0, 0.1) is 5.92 Å². The Labute approximate surface area is 416 Å². The molecule has 0 saturated carbocycles. The fourth-order valence-electron chi connectivity index (χ4n) is 8.95. The number of carbonyl (C=O) groups is 2. The maximum Gasteiger partial charge on any atom is 0.403 e. The molecular formula is C52H96N7O9P. The number of ether oxygens (including phenoxy) is 3. The second-order valence-corrected chi connectivity index (χ2v) is 21.2. The van der Waals surface area contributed by atoms with E-state index in [1.54, 1.807) is 4.57 Å². The number of nitrogens with one attached hydrogen (secondary N) is 1. The standard InChI is InChI=1S/C52H96N7O9P/c1-4-7-10-12-14-16-18-20-22-24-26-28-30-32-46(60)66-42-45(68-47(61)33-31-29-27-25-23-21-19-17-15-13-11-8-5-2)43-67-69(63,64)54-36-39-58-37-34-44(35-38-58)41-59-50-48(55-52(59)62)49(53)56-51(57-50)65-40-9-6-3/h44-45H,4-43H2,1-3H3,(H,55,62)(H2,53,56,57)(H2,54,63,64)/t45-/m1/s1. The highest BCUT2D eigenvalue weighted by Crippen LogP contribution is 2.37. The van der Waals surface area contributed by atoms with Crippen LogP contribution in [0.1, 0.15) is 226 Å². The number of fused-ring (bicyclic) bond motifs is 1. The van der Waals surface area contributed by atoms with E-state index in [1.807, 2.05) is 0 Å². The molecule has 0 aromatic carbocycles. The Morgan fingerprint density at radius 3 is 1.71 bits per heavy atom. The molecule has 0 amide bonds. The summed E-state index contributed by atoms with van der Waals surface area (Å²) in [6, 6.07) is -0.00490. The van der Waals surface area contributed by atoms with E-state index in [0.29, 0.717) is 37.3 Å². The first-order chi connectivity index (χ1) is 33.5. The topological polar surface area (TPSA) is 213 Å². The van der Waals surface area contributed by atoms with Gasteiger partial charge in [0.05, 0.1) is 13.2 Å². The van der Waals surface area contributed by atoms with Gasteiger partial charge in [0, 0.05) is 32.5 Å². The van der Waals surface area contributed by atoms with E-state index in [2.05, 4.69) is 45.7 Å². The zero-order chi connectivity index (χ0) is 49.8. The number of aromatic hydroxyl groups is 1. The molecule has 2 aromatic heterocycles. The van der Waals surface area contributed by atoms with Crippen LogP contribution in [-0.4, -0.2) is 98.5 Å². The summed E-state index contributed by atoms with van der Waals surface area (Å²) < 4.78 is 37.1. The monoisotopic (exact) mass is 994 g/mol. The SMILES string of the molecule is CCCCCCCCCCCCCCCC(=O)OC[C@H](COP(=O)(O)NCCN1CCC(Cn2c(O)nc3c(N)nc(OCCCC)nc32)CC1)OC(=O)CCCCCCCCCCCCCCC. The highest BCUT2D eigenvalue weighted by Gasteiger charge is 2.27. The lowest BCUT2D eigenvalue weighted by Crippen LogP contribution is -2.38. The number of nitrogens with two attached hydrogens (primary N) is 1. The van der Waals surface area contributed by atoms with Gasteiger partial charge in [0.25, 0.3) is 6.01 Å². The molecule has 1 saturated heterocycles. The van der Waals surface area contributed by atoms with Crippen LogP contribution in [-0.2, 0) is 34.7 Å². The Morgan fingerprint density at radius 1 is 0.696 bits per heavy atom. The number of anilines is 1. The molecule has 2 aromatic rings. The van der Waals surface area contributed by atoms with Crippen LogP contribution in [0.25, 0.3) is 11.2 Å². The normalized spacial score (nSPS) is 14.8. The lowest BCUT2D eigenvalue weighted by Gasteiger charge is -2.32. The number of hydrogen-bond acceptors (Lipinski definition) is 13. The van der Waals surface area contributed by atoms with Gasteiger partial charge in [-0.15, -0.1) is 0 Å². The van der Waals surface area contributed by atoms with Gasteiger partial charge in [-0.05, 0) is 51.1 Å². The molecule has 1 aliphatic rings. The quantitative estimate of drug-likeness (QED) is 0.0276. The van der Waals surface area contributed by atoms with Crippen molar-refractivity contribution in [2.75, 3.05) is 51.7 Å². The summed E-state index contributed by atoms with van der Waals surface area (Å²) in [5.74, 6) is -0.417. The summed E-state index contributed by atoms with van der Waals surface area (Å²) in [6.45, 7) is 9.12. The zero-order valence-electron chi connectivity index (χ0n) is 43.5. The van der Waals surface area contributed by atoms with E-state index < -0.39 is 19.8 Å². The van der Waals surface area contributed by atoms with Crippen LogP contribution >= 0.6 is 7.75 Å². The van der Waals surface area contributed by atoms with Crippen molar-refractivity contribution in [2.45, 2.75) is 239 Å². The number of rotatable bonds is 44. The van der Waals surface area contributed by atoms with Gasteiger partial charge < -0.3 is 34.8 Å². The molecule has 17 heteroatoms. The fraction of sp³-hybridized carbons (Fsp3) is 0.865. The summed E-state index contributed by atoms with van der Waals surface area (Å²) in [7, 11) is -4.28. The van der Waals surface area contributed by atoms with Crippen molar-refractivity contribution >= 4 is 36.7 Å². The molecule has 2 atom stereocenters. The summed E-state index contributed by atoms with van der Waals surface area (Å²) in [5.41, 5.74) is 6.91. The maximum absolute atomic E-state index is 13.1. The summed E-state index contributed by atoms with van der Waals surface area (Å²) in [4.78, 5) is 51.5. The number of imidazole rings is 1. The van der Waals surface area contributed by atoms with Crippen LogP contribution in [0.2, 0.25) is 0 Å². The number of hydrogen-bond donors (Lipinski definition) is 4. The summed E-state index contributed by atoms with van der Waals surface area (Å²) in [5, 5.41) is 13.3. The number of nitrogen functional groups attached to an aromatic ring is 1. The number of piperidine rings is 1. The molecule has 0 radical (unpaired) electrons. The van der Waals surface area contributed by atoms with Crippen molar-refractivity contribution in [3.8, 4) is 12.0 Å². The average Bonchev–Trinajstić information content (AvgIpc) is 3.65. The van der Waals surface area contributed by atoms with Gasteiger partial charge >= 0.3 is 25.7 Å². The molecule has 1 unspecified atom stereocenters. The van der Waals surface area contributed by atoms with Crippen molar-refractivity contribution in [1.29, 1.82) is 0 Å². The van der Waals surface area contributed by atoms with Gasteiger partial charge in [-0.3, -0.25) is 18.7 Å². The van der Waals surface area contributed by atoms with Gasteiger partial charge in [0.2, 0.25) is 0 Å². The van der Waals surface area contributed by atoms with Crippen molar-refractivity contribution in [1.82, 2.24) is 29.5 Å². The van der Waals surface area contributed by atoms with E-state index >= 15 is 0 Å². The minimum Gasteiger partial charge on any atom is -0.480 e. The Morgan fingerprint density at radius 2 is 1.19 bits per heavy atom. The molecule has 69 heavy (non-hydrogen) atoms. The molecule has 0 aliphatic carbocycles. The molecule has 5 N–H and O–H groups in total. The second-order valence-electron chi connectivity index (χ2n) is 19.6. The lowest BCUT2D eigenvalue weighted by molar-refractivity contribution is -0.161. The van der Waals surface area contributed by atoms with Gasteiger partial charge in [-0.1, -0.05) is 181 Å². The van der Waals surface area contributed by atoms with E-state index in [4.69, 9.17) is 24.5 Å². The molecule has 1 fully saturated rings. The average molecular weight is 994 g/mol. The smallest absolute Gasteiger partial charge is 0.403 e. The molecule has 0 bridgehead atoms. The van der Waals surface area contributed by atoms with Crippen molar-refractivity contribution in [2.24, 2.45) is 5.92 Å². The minimum atomic E-state index is -4.28. The maximum atomic E-state index is 13.1. The summed E-state index contributed by atoms with van der Waals surface area (Å²) in [6.07, 6.45) is 34.4. The van der Waals surface area contributed by atoms with Crippen molar-refractivity contribution < 1.29 is 42.9 Å².